The number of ether oxygens (including phenoxy) is 1. The Kier molecular flexibility index (Phi) is 7.21. The standard InChI is InChI=1S/C21H35N5O/c1-4-22-21(23-16-18-6-5-11-24(2)17-18)26-14-12-25(13-15-26)19-7-9-20(27-3)10-8-19/h7-10,18H,4-6,11-17H2,1-3H3,(H,22,23). The Bertz CT molecular complexity index is 595. The maximum absolute atomic E-state index is 5.26. The number of nitrogens with zero attached hydrogens (tertiary/aromatic N) is 4. The fourth-order valence-electron chi connectivity index (χ4n) is 4.03. The molecule has 6 heteroatoms. The Morgan fingerprint density at radius 2 is 1.89 bits per heavy atom. The number of likely N-dealkylation sites (tertiary alicyclic amines) is 1. The zero-order chi connectivity index (χ0) is 19.1. The molecule has 1 atom stereocenters. The van der Waals surface area contributed by atoms with Crippen molar-refractivity contribution in [2.24, 2.45) is 10.9 Å². The van der Waals surface area contributed by atoms with Crippen molar-refractivity contribution in [2.75, 3.05) is 71.4 Å². The summed E-state index contributed by atoms with van der Waals surface area (Å²) in [7, 11) is 3.93. The van der Waals surface area contributed by atoms with E-state index in [1.165, 1.54) is 31.6 Å². The fraction of sp³-hybridized carbons (Fsp3) is 0.667. The van der Waals surface area contributed by atoms with Crippen LogP contribution in [0.2, 0.25) is 0 Å². The van der Waals surface area contributed by atoms with E-state index in [1.54, 1.807) is 7.11 Å². The molecule has 0 aliphatic carbocycles. The van der Waals surface area contributed by atoms with Crippen LogP contribution in [0.5, 0.6) is 5.75 Å². The number of piperidine rings is 1. The van der Waals surface area contributed by atoms with Crippen LogP contribution in [0.4, 0.5) is 5.69 Å². The normalized spacial score (nSPS) is 22.0. The zero-order valence-electron chi connectivity index (χ0n) is 17.2. The minimum absolute atomic E-state index is 0.693. The molecular weight excluding hydrogens is 338 g/mol. The summed E-state index contributed by atoms with van der Waals surface area (Å²) >= 11 is 0. The topological polar surface area (TPSA) is 43.3 Å². The Hall–Kier alpha value is -1.95. The highest BCUT2D eigenvalue weighted by molar-refractivity contribution is 5.80. The van der Waals surface area contributed by atoms with E-state index < -0.39 is 0 Å². The van der Waals surface area contributed by atoms with Gasteiger partial charge >= 0.3 is 0 Å². The molecule has 0 spiro atoms. The summed E-state index contributed by atoms with van der Waals surface area (Å²) in [5.41, 5.74) is 1.27. The van der Waals surface area contributed by atoms with Gasteiger partial charge in [0, 0.05) is 51.5 Å². The average molecular weight is 374 g/mol. The predicted octanol–water partition coefficient (Wildman–Crippen LogP) is 2.12. The number of hydrogen-bond acceptors (Lipinski definition) is 4. The van der Waals surface area contributed by atoms with Gasteiger partial charge in [0.15, 0.2) is 5.96 Å². The lowest BCUT2D eigenvalue weighted by Gasteiger charge is -2.38. The van der Waals surface area contributed by atoms with Gasteiger partial charge in [-0.2, -0.15) is 0 Å². The molecule has 0 radical (unpaired) electrons. The molecule has 27 heavy (non-hydrogen) atoms. The molecule has 2 heterocycles. The average Bonchev–Trinajstić information content (AvgIpc) is 2.71. The lowest BCUT2D eigenvalue weighted by Crippen LogP contribution is -2.52. The second-order valence-electron chi connectivity index (χ2n) is 7.64. The van der Waals surface area contributed by atoms with Crippen LogP contribution in [0.3, 0.4) is 0 Å². The van der Waals surface area contributed by atoms with E-state index >= 15 is 0 Å². The molecule has 150 valence electrons. The molecule has 1 aromatic rings. The molecule has 0 bridgehead atoms. The molecule has 1 N–H and O–H groups in total. The van der Waals surface area contributed by atoms with Gasteiger partial charge in [-0.1, -0.05) is 0 Å². The molecule has 2 saturated heterocycles. The Morgan fingerprint density at radius 3 is 2.52 bits per heavy atom. The molecular formula is C21H35N5O. The van der Waals surface area contributed by atoms with E-state index in [9.17, 15) is 0 Å². The molecule has 2 aliphatic heterocycles. The highest BCUT2D eigenvalue weighted by atomic mass is 16.5. The lowest BCUT2D eigenvalue weighted by molar-refractivity contribution is 0.214. The summed E-state index contributed by atoms with van der Waals surface area (Å²) in [6.45, 7) is 10.4. The molecule has 0 saturated carbocycles. The molecule has 1 unspecified atom stereocenters. The number of hydrogen-bond donors (Lipinski definition) is 1. The van der Waals surface area contributed by atoms with Crippen molar-refractivity contribution in [1.82, 2.24) is 15.1 Å². The summed E-state index contributed by atoms with van der Waals surface area (Å²) in [6.07, 6.45) is 2.60. The quantitative estimate of drug-likeness (QED) is 0.633. The van der Waals surface area contributed by atoms with Gasteiger partial charge in [-0.15, -0.1) is 0 Å². The largest absolute Gasteiger partial charge is 0.497 e. The first-order valence-electron chi connectivity index (χ1n) is 10.3. The van der Waals surface area contributed by atoms with Crippen molar-refractivity contribution in [3.05, 3.63) is 24.3 Å². The molecule has 3 rings (SSSR count). The number of piperazine rings is 1. The number of nitrogens with one attached hydrogen (secondary N) is 1. The van der Waals surface area contributed by atoms with E-state index in [1.807, 2.05) is 12.1 Å². The van der Waals surface area contributed by atoms with E-state index in [0.717, 1.165) is 51.0 Å². The van der Waals surface area contributed by atoms with Crippen LogP contribution in [-0.2, 0) is 0 Å². The third-order valence-corrected chi connectivity index (χ3v) is 5.57. The van der Waals surface area contributed by atoms with E-state index in [2.05, 4.69) is 46.1 Å². The Labute approximate surface area is 164 Å². The Morgan fingerprint density at radius 1 is 1.15 bits per heavy atom. The van der Waals surface area contributed by atoms with E-state index in [0.29, 0.717) is 5.92 Å². The smallest absolute Gasteiger partial charge is 0.194 e. The van der Waals surface area contributed by atoms with Crippen molar-refractivity contribution < 1.29 is 4.74 Å². The molecule has 6 nitrogen and oxygen atoms in total. The SMILES string of the molecule is CCNC(=NCC1CCCN(C)C1)N1CCN(c2ccc(OC)cc2)CC1. The third-order valence-electron chi connectivity index (χ3n) is 5.57. The van der Waals surface area contributed by atoms with Gasteiger partial charge < -0.3 is 24.8 Å². The number of anilines is 1. The molecule has 2 aliphatic rings. The van der Waals surface area contributed by atoms with Crippen LogP contribution < -0.4 is 15.0 Å². The predicted molar refractivity (Wildman–Crippen MR) is 113 cm³/mol. The first kappa shape index (κ1) is 19.8. The van der Waals surface area contributed by atoms with Gasteiger partial charge in [0.2, 0.25) is 0 Å². The van der Waals surface area contributed by atoms with Gasteiger partial charge in [-0.25, -0.2) is 0 Å². The minimum Gasteiger partial charge on any atom is -0.497 e. The highest BCUT2D eigenvalue weighted by Gasteiger charge is 2.21. The minimum atomic E-state index is 0.693. The van der Waals surface area contributed by atoms with Crippen molar-refractivity contribution >= 4 is 11.6 Å². The molecule has 0 amide bonds. The van der Waals surface area contributed by atoms with Crippen molar-refractivity contribution in [3.8, 4) is 5.75 Å². The third kappa shape index (κ3) is 5.51. The monoisotopic (exact) mass is 373 g/mol. The van der Waals surface area contributed by atoms with Gasteiger partial charge in [0.25, 0.3) is 0 Å². The van der Waals surface area contributed by atoms with Crippen LogP contribution in [0.15, 0.2) is 29.3 Å². The number of aliphatic imine (C=N–C) groups is 1. The van der Waals surface area contributed by atoms with Crippen molar-refractivity contribution in [2.45, 2.75) is 19.8 Å². The van der Waals surface area contributed by atoms with Crippen molar-refractivity contribution in [1.29, 1.82) is 0 Å². The first-order chi connectivity index (χ1) is 13.2. The number of benzene rings is 1. The van der Waals surface area contributed by atoms with Gasteiger partial charge in [0.1, 0.15) is 5.75 Å². The van der Waals surface area contributed by atoms with Crippen LogP contribution >= 0.6 is 0 Å². The van der Waals surface area contributed by atoms with Gasteiger partial charge in [-0.3, -0.25) is 4.99 Å². The summed E-state index contributed by atoms with van der Waals surface area (Å²) in [6, 6.07) is 8.36. The van der Waals surface area contributed by atoms with E-state index in [-0.39, 0.29) is 0 Å². The highest BCUT2D eigenvalue weighted by Crippen LogP contribution is 2.21. The van der Waals surface area contributed by atoms with Crippen LogP contribution in [0, 0.1) is 5.92 Å². The molecule has 0 aromatic heterocycles. The number of guanidine groups is 1. The maximum Gasteiger partial charge on any atom is 0.194 e. The summed E-state index contributed by atoms with van der Waals surface area (Å²) in [4.78, 5) is 12.3. The molecule has 2 fully saturated rings. The zero-order valence-corrected chi connectivity index (χ0v) is 17.2. The summed E-state index contributed by atoms with van der Waals surface area (Å²) in [5, 5.41) is 3.50. The lowest BCUT2D eigenvalue weighted by atomic mass is 9.99. The second-order valence-corrected chi connectivity index (χ2v) is 7.64. The van der Waals surface area contributed by atoms with Crippen LogP contribution in [0.1, 0.15) is 19.8 Å². The van der Waals surface area contributed by atoms with Gasteiger partial charge in [-0.05, 0) is 63.5 Å². The number of rotatable bonds is 5. The van der Waals surface area contributed by atoms with Crippen molar-refractivity contribution in [3.63, 3.8) is 0 Å². The number of methoxy groups -OCH3 is 1. The maximum atomic E-state index is 5.26. The first-order valence-corrected chi connectivity index (χ1v) is 10.3. The summed E-state index contributed by atoms with van der Waals surface area (Å²) in [5.74, 6) is 2.69. The van der Waals surface area contributed by atoms with Crippen LogP contribution in [0.25, 0.3) is 0 Å². The van der Waals surface area contributed by atoms with Gasteiger partial charge in [0.05, 0.1) is 7.11 Å². The Balaban J connectivity index is 1.55. The van der Waals surface area contributed by atoms with Crippen LogP contribution in [-0.4, -0.2) is 82.3 Å². The molecule has 1 aromatic carbocycles. The second kappa shape index (κ2) is 9.83. The van der Waals surface area contributed by atoms with E-state index in [4.69, 9.17) is 9.73 Å². The summed E-state index contributed by atoms with van der Waals surface area (Å²) < 4.78 is 5.26. The fourth-order valence-corrected chi connectivity index (χ4v) is 4.03.